The molecule has 2 N–H and O–H groups in total. The molecule has 1 atom stereocenters. The highest BCUT2D eigenvalue weighted by molar-refractivity contribution is 5.84. The molecule has 0 spiro atoms. The summed E-state index contributed by atoms with van der Waals surface area (Å²) in [7, 11) is 0. The SMILES string of the molecule is CC(C)CC(C(=O)NCC#N)c1cccc(-c2ccc(C3(O)CCN(C=O)CC3)cc2)c1. The van der Waals surface area contributed by atoms with E-state index in [-0.39, 0.29) is 18.4 Å². The molecule has 1 fully saturated rings. The van der Waals surface area contributed by atoms with Gasteiger partial charge in [0.05, 0.1) is 17.6 Å². The maximum atomic E-state index is 12.7. The molecule has 0 radical (unpaired) electrons. The summed E-state index contributed by atoms with van der Waals surface area (Å²) in [4.78, 5) is 25.3. The van der Waals surface area contributed by atoms with E-state index in [0.29, 0.717) is 38.3 Å². The van der Waals surface area contributed by atoms with Gasteiger partial charge in [-0.05, 0) is 47.4 Å². The van der Waals surface area contributed by atoms with Crippen molar-refractivity contribution in [2.75, 3.05) is 19.6 Å². The van der Waals surface area contributed by atoms with Crippen LogP contribution in [0.4, 0.5) is 0 Å². The summed E-state index contributed by atoms with van der Waals surface area (Å²) in [6, 6.07) is 17.8. The van der Waals surface area contributed by atoms with Gasteiger partial charge in [0, 0.05) is 13.1 Å². The molecule has 2 aromatic rings. The number of benzene rings is 2. The number of hydrogen-bond donors (Lipinski definition) is 2. The summed E-state index contributed by atoms with van der Waals surface area (Å²) in [6.45, 7) is 5.26. The normalized spacial score (nSPS) is 16.3. The van der Waals surface area contributed by atoms with E-state index in [1.807, 2.05) is 54.6 Å². The summed E-state index contributed by atoms with van der Waals surface area (Å²) < 4.78 is 0. The number of nitrogens with one attached hydrogen (secondary N) is 1. The predicted molar refractivity (Wildman–Crippen MR) is 123 cm³/mol. The van der Waals surface area contributed by atoms with Crippen LogP contribution >= 0.6 is 0 Å². The third-order valence-electron chi connectivity index (χ3n) is 6.18. The van der Waals surface area contributed by atoms with Crippen molar-refractivity contribution in [3.8, 4) is 17.2 Å². The van der Waals surface area contributed by atoms with Gasteiger partial charge in [0.25, 0.3) is 0 Å². The molecule has 0 aliphatic carbocycles. The van der Waals surface area contributed by atoms with Gasteiger partial charge in [-0.15, -0.1) is 0 Å². The van der Waals surface area contributed by atoms with E-state index in [4.69, 9.17) is 5.26 Å². The number of carbonyl (C=O) groups excluding carboxylic acids is 2. The van der Waals surface area contributed by atoms with E-state index >= 15 is 0 Å². The molecule has 1 saturated heterocycles. The second kappa shape index (κ2) is 10.4. The molecule has 0 aromatic heterocycles. The van der Waals surface area contributed by atoms with Crippen LogP contribution in [-0.2, 0) is 15.2 Å². The van der Waals surface area contributed by atoms with Gasteiger partial charge in [-0.25, -0.2) is 0 Å². The lowest BCUT2D eigenvalue weighted by Gasteiger charge is -2.37. The van der Waals surface area contributed by atoms with E-state index in [9.17, 15) is 14.7 Å². The first kappa shape index (κ1) is 23.5. The van der Waals surface area contributed by atoms with Crippen LogP contribution in [0.1, 0.15) is 50.2 Å². The molecule has 3 rings (SSSR count). The minimum Gasteiger partial charge on any atom is -0.385 e. The van der Waals surface area contributed by atoms with Gasteiger partial charge < -0.3 is 15.3 Å². The maximum Gasteiger partial charge on any atom is 0.228 e. The van der Waals surface area contributed by atoms with E-state index in [0.717, 1.165) is 28.7 Å². The van der Waals surface area contributed by atoms with Crippen molar-refractivity contribution in [1.29, 1.82) is 5.26 Å². The number of amides is 2. The molecule has 168 valence electrons. The Bertz CT molecular complexity index is 971. The number of likely N-dealkylation sites (tertiary alicyclic amines) is 1. The van der Waals surface area contributed by atoms with E-state index in [2.05, 4.69) is 19.2 Å². The fraction of sp³-hybridized carbons (Fsp3) is 0.423. The van der Waals surface area contributed by atoms with Crippen LogP contribution in [0.5, 0.6) is 0 Å². The minimum absolute atomic E-state index is 0.00208. The van der Waals surface area contributed by atoms with Gasteiger partial charge in [0.15, 0.2) is 0 Å². The molecule has 6 nitrogen and oxygen atoms in total. The first-order valence-electron chi connectivity index (χ1n) is 11.1. The lowest BCUT2D eigenvalue weighted by Crippen LogP contribution is -2.41. The highest BCUT2D eigenvalue weighted by atomic mass is 16.3. The fourth-order valence-corrected chi connectivity index (χ4v) is 4.31. The highest BCUT2D eigenvalue weighted by Gasteiger charge is 2.33. The second-order valence-corrected chi connectivity index (χ2v) is 8.93. The van der Waals surface area contributed by atoms with Gasteiger partial charge >= 0.3 is 0 Å². The van der Waals surface area contributed by atoms with Crippen LogP contribution < -0.4 is 5.32 Å². The molecule has 1 aliphatic heterocycles. The lowest BCUT2D eigenvalue weighted by molar-refractivity contribution is -0.123. The minimum atomic E-state index is -0.916. The molecular weight excluding hydrogens is 402 g/mol. The highest BCUT2D eigenvalue weighted by Crippen LogP contribution is 2.34. The van der Waals surface area contributed by atoms with Gasteiger partial charge in [-0.1, -0.05) is 62.4 Å². The van der Waals surface area contributed by atoms with E-state index in [1.165, 1.54) is 0 Å². The summed E-state index contributed by atoms with van der Waals surface area (Å²) in [6.07, 6.45) is 2.58. The topological polar surface area (TPSA) is 93.4 Å². The molecule has 1 unspecified atom stereocenters. The molecule has 2 aromatic carbocycles. The molecule has 6 heteroatoms. The van der Waals surface area contributed by atoms with Crippen LogP contribution in [-0.4, -0.2) is 42.0 Å². The Balaban J connectivity index is 1.81. The average molecular weight is 434 g/mol. The quantitative estimate of drug-likeness (QED) is 0.492. The van der Waals surface area contributed by atoms with Crippen LogP contribution in [0.2, 0.25) is 0 Å². The number of hydrogen-bond acceptors (Lipinski definition) is 4. The average Bonchev–Trinajstić information content (AvgIpc) is 2.81. The maximum absolute atomic E-state index is 12.7. The standard InChI is InChI=1S/C26H31N3O3/c1-19(2)16-24(25(31)28-13-12-27)22-5-3-4-21(17-22)20-6-8-23(9-7-20)26(32)10-14-29(18-30)15-11-26/h3-9,17-19,24,32H,10-11,13-16H2,1-2H3,(H,28,31). The molecule has 0 bridgehead atoms. The van der Waals surface area contributed by atoms with Crippen molar-refractivity contribution in [3.63, 3.8) is 0 Å². The Labute approximate surface area is 189 Å². The Hall–Kier alpha value is -3.17. The number of carbonyl (C=O) groups is 2. The molecule has 32 heavy (non-hydrogen) atoms. The van der Waals surface area contributed by atoms with Crippen LogP contribution in [0.15, 0.2) is 48.5 Å². The van der Waals surface area contributed by atoms with Crippen molar-refractivity contribution in [1.82, 2.24) is 10.2 Å². The zero-order valence-corrected chi connectivity index (χ0v) is 18.8. The molecule has 0 saturated carbocycles. The Morgan fingerprint density at radius 2 is 1.88 bits per heavy atom. The monoisotopic (exact) mass is 433 g/mol. The van der Waals surface area contributed by atoms with Crippen molar-refractivity contribution in [2.24, 2.45) is 5.92 Å². The van der Waals surface area contributed by atoms with Crippen molar-refractivity contribution < 1.29 is 14.7 Å². The molecular formula is C26H31N3O3. The second-order valence-electron chi connectivity index (χ2n) is 8.93. The van der Waals surface area contributed by atoms with Gasteiger partial charge in [0.1, 0.15) is 6.54 Å². The fourth-order valence-electron chi connectivity index (χ4n) is 4.31. The Morgan fingerprint density at radius 3 is 2.47 bits per heavy atom. The van der Waals surface area contributed by atoms with Crippen molar-refractivity contribution in [2.45, 2.75) is 44.6 Å². The lowest BCUT2D eigenvalue weighted by atomic mass is 9.83. The summed E-state index contributed by atoms with van der Waals surface area (Å²) in [5.41, 5.74) is 2.87. The number of piperidine rings is 1. The van der Waals surface area contributed by atoms with Gasteiger partial charge in [-0.3, -0.25) is 9.59 Å². The third kappa shape index (κ3) is 5.54. The van der Waals surface area contributed by atoms with E-state index < -0.39 is 5.60 Å². The number of nitriles is 1. The molecule has 1 heterocycles. The van der Waals surface area contributed by atoms with Gasteiger partial charge in [-0.2, -0.15) is 5.26 Å². The summed E-state index contributed by atoms with van der Waals surface area (Å²) in [5, 5.41) is 22.5. The van der Waals surface area contributed by atoms with E-state index in [1.54, 1.807) is 4.90 Å². The number of rotatable bonds is 8. The zero-order chi connectivity index (χ0) is 23.1. The number of nitrogens with zero attached hydrogens (tertiary/aromatic N) is 2. The Morgan fingerprint density at radius 1 is 1.19 bits per heavy atom. The first-order chi connectivity index (χ1) is 15.4. The van der Waals surface area contributed by atoms with Crippen LogP contribution in [0.3, 0.4) is 0 Å². The molecule has 1 aliphatic rings. The summed E-state index contributed by atoms with van der Waals surface area (Å²) in [5.74, 6) is -0.106. The number of aliphatic hydroxyl groups is 1. The van der Waals surface area contributed by atoms with Gasteiger partial charge in [0.2, 0.25) is 12.3 Å². The third-order valence-corrected chi connectivity index (χ3v) is 6.18. The zero-order valence-electron chi connectivity index (χ0n) is 18.8. The Kier molecular flexibility index (Phi) is 7.66. The predicted octanol–water partition coefficient (Wildman–Crippen LogP) is 3.56. The largest absolute Gasteiger partial charge is 0.385 e. The van der Waals surface area contributed by atoms with Crippen LogP contribution in [0.25, 0.3) is 11.1 Å². The molecule has 2 amide bonds. The van der Waals surface area contributed by atoms with Crippen molar-refractivity contribution >= 4 is 12.3 Å². The smallest absolute Gasteiger partial charge is 0.228 e. The summed E-state index contributed by atoms with van der Waals surface area (Å²) >= 11 is 0. The van der Waals surface area contributed by atoms with Crippen molar-refractivity contribution in [3.05, 3.63) is 59.7 Å². The first-order valence-corrected chi connectivity index (χ1v) is 11.1. The van der Waals surface area contributed by atoms with Crippen LogP contribution in [0, 0.1) is 17.2 Å².